The molecule has 20 heavy (non-hydrogen) atoms. The summed E-state index contributed by atoms with van der Waals surface area (Å²) in [6.45, 7) is 8.44. The summed E-state index contributed by atoms with van der Waals surface area (Å²) in [5, 5.41) is 22.1. The minimum Gasteiger partial charge on any atom is -0.491 e. The van der Waals surface area contributed by atoms with E-state index >= 15 is 0 Å². The molecule has 6 heteroatoms. The fraction of sp³-hybridized carbons (Fsp3) is 0.714. The zero-order valence-electron chi connectivity index (χ0n) is 12.8. The Morgan fingerprint density at radius 3 is 2.55 bits per heavy atom. The Hall–Kier alpha value is -1.40. The average molecular weight is 283 g/mol. The lowest BCUT2D eigenvalue weighted by Gasteiger charge is -2.23. The molecule has 0 spiro atoms. The highest BCUT2D eigenvalue weighted by Crippen LogP contribution is 2.10. The van der Waals surface area contributed by atoms with E-state index < -0.39 is 0 Å². The lowest BCUT2D eigenvalue weighted by atomic mass is 9.97. The number of rotatable bonds is 8. The summed E-state index contributed by atoms with van der Waals surface area (Å²) in [6.07, 6.45) is 2.98. The molecule has 0 aromatic heterocycles. The number of carbonyl (C=O) groups is 1. The molecule has 1 atom stereocenters. The molecular formula is C14H27N4O2+. The number of nitrogens with two attached hydrogens (primary N) is 1. The third kappa shape index (κ3) is 4.61. The number of aliphatic hydroxyl groups excluding tert-OH is 1. The Kier molecular flexibility index (Phi) is 6.16. The highest BCUT2D eigenvalue weighted by Gasteiger charge is 2.26. The van der Waals surface area contributed by atoms with Gasteiger partial charge in [-0.05, 0) is 12.8 Å². The Labute approximate surface area is 120 Å². The Bertz CT molecular complexity index is 391. The molecule has 0 aromatic carbocycles. The van der Waals surface area contributed by atoms with Crippen LogP contribution in [0.25, 0.3) is 0 Å². The van der Waals surface area contributed by atoms with Crippen molar-refractivity contribution in [2.45, 2.75) is 52.6 Å². The summed E-state index contributed by atoms with van der Waals surface area (Å²) >= 11 is 0. The second kappa shape index (κ2) is 7.40. The second-order valence-electron chi connectivity index (χ2n) is 5.80. The number of nitrogens with zero attached hydrogens (tertiary/aromatic N) is 1. The van der Waals surface area contributed by atoms with Gasteiger partial charge in [-0.25, -0.2) is 10.3 Å². The van der Waals surface area contributed by atoms with E-state index in [0.29, 0.717) is 18.9 Å². The number of Topliss-reactive ketones (excluding diaryl/α,β-unsaturated/α-hetero) is 1. The summed E-state index contributed by atoms with van der Waals surface area (Å²) in [5.74, 6) is 0.643. The van der Waals surface area contributed by atoms with Crippen LogP contribution in [-0.4, -0.2) is 40.4 Å². The van der Waals surface area contributed by atoms with Crippen molar-refractivity contribution in [3.05, 3.63) is 12.1 Å². The molecule has 114 valence electrons. The number of aliphatic hydroxyl groups is 1. The van der Waals surface area contributed by atoms with Gasteiger partial charge in [-0.2, -0.15) is 0 Å². The Morgan fingerprint density at radius 2 is 2.10 bits per heavy atom. The van der Waals surface area contributed by atoms with Crippen molar-refractivity contribution in [3.63, 3.8) is 0 Å². The molecule has 1 aliphatic heterocycles. The molecular weight excluding hydrogens is 256 g/mol. The van der Waals surface area contributed by atoms with Crippen molar-refractivity contribution in [2.75, 3.05) is 6.54 Å². The van der Waals surface area contributed by atoms with Crippen LogP contribution in [0.5, 0.6) is 0 Å². The van der Waals surface area contributed by atoms with Crippen LogP contribution in [0.2, 0.25) is 0 Å². The molecule has 0 aliphatic carbocycles. The molecule has 0 saturated heterocycles. The van der Waals surface area contributed by atoms with Gasteiger partial charge in [-0.3, -0.25) is 10.1 Å². The largest absolute Gasteiger partial charge is 0.491 e. The Morgan fingerprint density at radius 1 is 1.45 bits per heavy atom. The molecule has 1 aliphatic rings. The first-order chi connectivity index (χ1) is 9.32. The van der Waals surface area contributed by atoms with E-state index in [2.05, 4.69) is 5.32 Å². The van der Waals surface area contributed by atoms with Crippen LogP contribution in [0.1, 0.15) is 40.5 Å². The quantitative estimate of drug-likeness (QED) is 0.523. The van der Waals surface area contributed by atoms with Crippen LogP contribution < -0.4 is 10.6 Å². The second-order valence-corrected chi connectivity index (χ2v) is 5.80. The molecule has 0 bridgehead atoms. The predicted molar refractivity (Wildman–Crippen MR) is 78.2 cm³/mol. The standard InChI is InChI=1S/C14H26N4O2/c1-9(2)13(20)11(17-10(3)4)6-5-7-18-12(19)8-16-14(18)15/h8-11,17,19H,5-7H2,1-4H3,(H2,15,16)/p+1/t11-/m0/s1. The van der Waals surface area contributed by atoms with Crippen molar-refractivity contribution >= 4 is 11.7 Å². The fourth-order valence-electron chi connectivity index (χ4n) is 2.26. The van der Waals surface area contributed by atoms with Gasteiger partial charge >= 0.3 is 5.96 Å². The van der Waals surface area contributed by atoms with Crippen molar-refractivity contribution in [2.24, 2.45) is 5.92 Å². The van der Waals surface area contributed by atoms with Gasteiger partial charge in [0, 0.05) is 18.5 Å². The van der Waals surface area contributed by atoms with Gasteiger partial charge < -0.3 is 10.4 Å². The maximum atomic E-state index is 12.1. The van der Waals surface area contributed by atoms with Crippen LogP contribution in [0.3, 0.4) is 0 Å². The zero-order valence-corrected chi connectivity index (χ0v) is 12.8. The number of hydrogen-bond acceptors (Lipinski definition) is 4. The lowest BCUT2D eigenvalue weighted by molar-refractivity contribution is -0.464. The molecule has 1 rings (SSSR count). The van der Waals surface area contributed by atoms with Crippen LogP contribution in [-0.2, 0) is 4.79 Å². The Balaban J connectivity index is 2.48. The van der Waals surface area contributed by atoms with Crippen molar-refractivity contribution in [1.29, 1.82) is 5.41 Å². The smallest absolute Gasteiger partial charge is 0.305 e. The molecule has 5 N–H and O–H groups in total. The highest BCUT2D eigenvalue weighted by molar-refractivity contribution is 5.85. The molecule has 0 fully saturated rings. The van der Waals surface area contributed by atoms with E-state index in [1.165, 1.54) is 6.20 Å². The normalized spacial score (nSPS) is 17.0. The summed E-state index contributed by atoms with van der Waals surface area (Å²) in [6, 6.07) is 0.108. The van der Waals surface area contributed by atoms with E-state index in [0.717, 1.165) is 6.42 Å². The average Bonchev–Trinajstić information content (AvgIpc) is 2.67. The first kappa shape index (κ1) is 16.7. The van der Waals surface area contributed by atoms with Crippen molar-refractivity contribution in [3.8, 4) is 0 Å². The number of carbonyl (C=O) groups excluding carboxylic acids is 1. The van der Waals surface area contributed by atoms with Crippen LogP contribution in [0, 0.1) is 11.3 Å². The summed E-state index contributed by atoms with van der Waals surface area (Å²) in [4.78, 5) is 13.7. The third-order valence-corrected chi connectivity index (χ3v) is 3.28. The van der Waals surface area contributed by atoms with E-state index in [4.69, 9.17) is 5.41 Å². The van der Waals surface area contributed by atoms with Crippen molar-refractivity contribution < 1.29 is 15.2 Å². The van der Waals surface area contributed by atoms with E-state index in [1.54, 1.807) is 10.2 Å². The fourth-order valence-corrected chi connectivity index (χ4v) is 2.26. The molecule has 0 saturated carbocycles. The maximum absolute atomic E-state index is 12.1. The molecule has 0 unspecified atom stereocenters. The minimum atomic E-state index is -0.151. The summed E-state index contributed by atoms with van der Waals surface area (Å²) in [5.41, 5.74) is 0. The van der Waals surface area contributed by atoms with E-state index in [9.17, 15) is 9.90 Å². The van der Waals surface area contributed by atoms with Gasteiger partial charge in [0.25, 0.3) is 5.88 Å². The highest BCUT2D eigenvalue weighted by atomic mass is 16.3. The first-order valence-corrected chi connectivity index (χ1v) is 7.22. The summed E-state index contributed by atoms with van der Waals surface area (Å²) < 4.78 is 0. The monoisotopic (exact) mass is 283 g/mol. The van der Waals surface area contributed by atoms with Gasteiger partial charge in [0.05, 0.1) is 6.04 Å². The predicted octanol–water partition coefficient (Wildman–Crippen LogP) is 0.529. The van der Waals surface area contributed by atoms with Crippen LogP contribution in [0.4, 0.5) is 0 Å². The molecule has 0 radical (unpaired) electrons. The molecule has 6 nitrogen and oxygen atoms in total. The summed E-state index contributed by atoms with van der Waals surface area (Å²) in [7, 11) is 0. The van der Waals surface area contributed by atoms with Crippen LogP contribution >= 0.6 is 0 Å². The van der Waals surface area contributed by atoms with Gasteiger partial charge in [0.1, 0.15) is 0 Å². The maximum Gasteiger partial charge on any atom is 0.305 e. The number of hydrogen-bond donors (Lipinski definition) is 4. The third-order valence-electron chi connectivity index (χ3n) is 3.28. The van der Waals surface area contributed by atoms with Gasteiger partial charge in [-0.15, -0.1) is 0 Å². The number of ketones is 1. The topological polar surface area (TPSA) is 93.0 Å². The van der Waals surface area contributed by atoms with E-state index in [-0.39, 0.29) is 29.7 Å². The van der Waals surface area contributed by atoms with Gasteiger partial charge in [-0.1, -0.05) is 27.7 Å². The van der Waals surface area contributed by atoms with Gasteiger partial charge in [0.2, 0.25) is 0 Å². The first-order valence-electron chi connectivity index (χ1n) is 7.22. The molecule has 0 amide bonds. The number of nitrogens with one attached hydrogen (secondary N) is 2. The van der Waals surface area contributed by atoms with Gasteiger partial charge in [0.15, 0.2) is 12.0 Å². The minimum absolute atomic E-state index is 0.0120. The number of quaternary nitrogens is 1. The lowest BCUT2D eigenvalue weighted by Crippen LogP contribution is -2.82. The SMILES string of the molecule is CC(C)N[C@@H](CCCN1C(=N)[NH2+]C=C1O)C(=O)C(C)C. The zero-order chi connectivity index (χ0) is 15.3. The van der Waals surface area contributed by atoms with Crippen LogP contribution in [0.15, 0.2) is 12.1 Å². The number of guanidine groups is 1. The molecule has 0 aromatic rings. The van der Waals surface area contributed by atoms with E-state index in [1.807, 2.05) is 27.7 Å². The molecule has 1 heterocycles. The van der Waals surface area contributed by atoms with Crippen molar-refractivity contribution in [1.82, 2.24) is 10.2 Å².